The third-order valence-corrected chi connectivity index (χ3v) is 3.85. The number of hydrogen-bond donors (Lipinski definition) is 0. The zero-order chi connectivity index (χ0) is 14.4. The summed E-state index contributed by atoms with van der Waals surface area (Å²) in [5.41, 5.74) is 0. The molecule has 0 aliphatic carbocycles. The van der Waals surface area contributed by atoms with E-state index >= 15 is 0 Å². The summed E-state index contributed by atoms with van der Waals surface area (Å²) < 4.78 is 21.8. The van der Waals surface area contributed by atoms with Crippen molar-refractivity contribution in [1.29, 1.82) is 0 Å². The summed E-state index contributed by atoms with van der Waals surface area (Å²) in [5, 5.41) is 0. The van der Waals surface area contributed by atoms with E-state index in [1.165, 1.54) is 6.42 Å². The number of ether oxygens (including phenoxy) is 4. The molecule has 0 radical (unpaired) electrons. The van der Waals surface area contributed by atoms with Crippen LogP contribution in [0.2, 0.25) is 0 Å². The molecule has 3 rings (SSSR count). The van der Waals surface area contributed by atoms with E-state index in [4.69, 9.17) is 18.9 Å². The Morgan fingerprint density at radius 1 is 1.05 bits per heavy atom. The van der Waals surface area contributed by atoms with Crippen molar-refractivity contribution in [2.24, 2.45) is 5.92 Å². The Hall–Kier alpha value is -0.580. The monoisotopic (exact) mass is 284 g/mol. The first-order chi connectivity index (χ1) is 9.63. The van der Waals surface area contributed by atoms with Crippen LogP contribution in [0.25, 0.3) is 0 Å². The van der Waals surface area contributed by atoms with E-state index in [0.717, 1.165) is 51.1 Å². The molecule has 3 saturated heterocycles. The fourth-order valence-corrected chi connectivity index (χ4v) is 2.56. The summed E-state index contributed by atoms with van der Waals surface area (Å²) in [5.74, 6) is 1.64. The molecule has 0 aromatic carbocycles. The van der Waals surface area contributed by atoms with E-state index < -0.39 is 0 Å². The summed E-state index contributed by atoms with van der Waals surface area (Å²) >= 11 is 0. The predicted molar refractivity (Wildman–Crippen MR) is 77.1 cm³/mol. The third-order valence-electron chi connectivity index (χ3n) is 3.85. The second-order valence-electron chi connectivity index (χ2n) is 6.03. The van der Waals surface area contributed by atoms with E-state index in [-0.39, 0.29) is 12.6 Å². The van der Waals surface area contributed by atoms with Gasteiger partial charge in [-0.25, -0.2) is 0 Å². The predicted octanol–water partition coefficient (Wildman–Crippen LogP) is 3.61. The first kappa shape index (κ1) is 15.8. The van der Waals surface area contributed by atoms with E-state index in [1.54, 1.807) is 0 Å². The molecule has 0 aromatic rings. The van der Waals surface area contributed by atoms with Crippen molar-refractivity contribution in [3.8, 4) is 0 Å². The molecule has 3 heterocycles. The van der Waals surface area contributed by atoms with Gasteiger partial charge in [-0.05, 0) is 38.5 Å². The highest BCUT2D eigenvalue weighted by Gasteiger charge is 2.24. The van der Waals surface area contributed by atoms with Gasteiger partial charge in [0.1, 0.15) is 0 Å². The van der Waals surface area contributed by atoms with Gasteiger partial charge in [0.05, 0.1) is 18.5 Å². The van der Waals surface area contributed by atoms with Gasteiger partial charge in [-0.15, -0.1) is 0 Å². The molecule has 0 spiro atoms. The molecule has 0 amide bonds. The van der Waals surface area contributed by atoms with Crippen molar-refractivity contribution < 1.29 is 18.9 Å². The van der Waals surface area contributed by atoms with E-state index in [2.05, 4.69) is 20.4 Å². The molecule has 116 valence electrons. The fourth-order valence-electron chi connectivity index (χ4n) is 2.56. The Morgan fingerprint density at radius 3 is 2.30 bits per heavy atom. The zero-order valence-corrected chi connectivity index (χ0v) is 12.8. The standard InChI is InChI=1S/C10H18O3.C6H10O/c1-8-4-5-10(12-7-8)13-9-3-2-6-11-9;1-5-3-4-6(2)7-5/h8-10H,2-7H2,1H3;6H,1,3-4H2,2H3. The molecule has 0 bridgehead atoms. The molecular formula is C16H28O4. The summed E-state index contributed by atoms with van der Waals surface area (Å²) in [4.78, 5) is 0. The van der Waals surface area contributed by atoms with Gasteiger partial charge in [-0.1, -0.05) is 13.5 Å². The Labute approximate surface area is 122 Å². The molecule has 3 fully saturated rings. The molecule has 3 aliphatic heterocycles. The first-order valence-electron chi connectivity index (χ1n) is 7.86. The third kappa shape index (κ3) is 5.43. The van der Waals surface area contributed by atoms with Gasteiger partial charge in [0.25, 0.3) is 0 Å². The quantitative estimate of drug-likeness (QED) is 0.776. The molecule has 4 unspecified atom stereocenters. The largest absolute Gasteiger partial charge is 0.496 e. The topological polar surface area (TPSA) is 36.9 Å². The second-order valence-corrected chi connectivity index (χ2v) is 6.03. The minimum Gasteiger partial charge on any atom is -0.496 e. The molecule has 3 aliphatic rings. The SMILES string of the molecule is C=C1CCC(C)O1.CC1CCC(OC2CCCO2)OC1. The van der Waals surface area contributed by atoms with Crippen LogP contribution in [0.4, 0.5) is 0 Å². The average molecular weight is 284 g/mol. The van der Waals surface area contributed by atoms with Crippen LogP contribution in [-0.4, -0.2) is 31.9 Å². The second kappa shape index (κ2) is 8.01. The Bertz CT molecular complexity index is 291. The highest BCUT2D eigenvalue weighted by atomic mass is 16.8. The lowest BCUT2D eigenvalue weighted by molar-refractivity contribution is -0.247. The lowest BCUT2D eigenvalue weighted by Crippen LogP contribution is -2.30. The van der Waals surface area contributed by atoms with Gasteiger partial charge in [-0.2, -0.15) is 0 Å². The van der Waals surface area contributed by atoms with Crippen LogP contribution in [0, 0.1) is 5.92 Å². The smallest absolute Gasteiger partial charge is 0.160 e. The van der Waals surface area contributed by atoms with Crippen LogP contribution in [0.15, 0.2) is 12.3 Å². The molecule has 4 heteroatoms. The minimum atomic E-state index is -0.0145. The highest BCUT2D eigenvalue weighted by molar-refractivity contribution is 4.89. The first-order valence-corrected chi connectivity index (χ1v) is 7.86. The van der Waals surface area contributed by atoms with E-state index in [9.17, 15) is 0 Å². The molecule has 20 heavy (non-hydrogen) atoms. The van der Waals surface area contributed by atoms with Crippen LogP contribution < -0.4 is 0 Å². The zero-order valence-electron chi connectivity index (χ0n) is 12.8. The van der Waals surface area contributed by atoms with Crippen LogP contribution >= 0.6 is 0 Å². The fraction of sp³-hybridized carbons (Fsp3) is 0.875. The Morgan fingerprint density at radius 2 is 1.85 bits per heavy atom. The van der Waals surface area contributed by atoms with E-state index in [0.29, 0.717) is 12.0 Å². The van der Waals surface area contributed by atoms with Crippen LogP contribution in [0.1, 0.15) is 52.4 Å². The van der Waals surface area contributed by atoms with Crippen molar-refractivity contribution in [2.45, 2.75) is 71.1 Å². The molecule has 0 N–H and O–H groups in total. The van der Waals surface area contributed by atoms with Crippen LogP contribution in [0.3, 0.4) is 0 Å². The Kier molecular flexibility index (Phi) is 6.33. The van der Waals surface area contributed by atoms with Crippen molar-refractivity contribution in [3.05, 3.63) is 12.3 Å². The minimum absolute atomic E-state index is 0.00148. The molecule has 4 nitrogen and oxygen atoms in total. The number of rotatable bonds is 2. The van der Waals surface area contributed by atoms with Gasteiger partial charge < -0.3 is 18.9 Å². The van der Waals surface area contributed by atoms with Gasteiger partial charge in [0, 0.05) is 19.4 Å². The average Bonchev–Trinajstić information content (AvgIpc) is 3.05. The van der Waals surface area contributed by atoms with Crippen molar-refractivity contribution in [3.63, 3.8) is 0 Å². The van der Waals surface area contributed by atoms with Crippen molar-refractivity contribution in [1.82, 2.24) is 0 Å². The van der Waals surface area contributed by atoms with Gasteiger partial charge in [0.2, 0.25) is 0 Å². The van der Waals surface area contributed by atoms with Gasteiger partial charge in [-0.3, -0.25) is 0 Å². The van der Waals surface area contributed by atoms with Crippen molar-refractivity contribution >= 4 is 0 Å². The maximum atomic E-state index is 5.66. The maximum Gasteiger partial charge on any atom is 0.160 e. The van der Waals surface area contributed by atoms with Crippen LogP contribution in [0.5, 0.6) is 0 Å². The Balaban J connectivity index is 0.000000178. The molecular weight excluding hydrogens is 256 g/mol. The highest BCUT2D eigenvalue weighted by Crippen LogP contribution is 2.23. The summed E-state index contributed by atoms with van der Waals surface area (Å²) in [7, 11) is 0. The van der Waals surface area contributed by atoms with Gasteiger partial charge in [0.15, 0.2) is 12.6 Å². The number of hydrogen-bond acceptors (Lipinski definition) is 4. The lowest BCUT2D eigenvalue weighted by atomic mass is 10.0. The summed E-state index contributed by atoms with van der Waals surface area (Å²) in [6, 6.07) is 0. The normalized spacial score (nSPS) is 37.2. The summed E-state index contributed by atoms with van der Waals surface area (Å²) in [6.07, 6.45) is 6.98. The molecule has 0 saturated carbocycles. The van der Waals surface area contributed by atoms with Crippen LogP contribution in [-0.2, 0) is 18.9 Å². The van der Waals surface area contributed by atoms with Crippen molar-refractivity contribution in [2.75, 3.05) is 13.2 Å². The van der Waals surface area contributed by atoms with Gasteiger partial charge >= 0.3 is 0 Å². The summed E-state index contributed by atoms with van der Waals surface area (Å²) in [6.45, 7) is 9.63. The number of allylic oxidation sites excluding steroid dienone is 1. The van der Waals surface area contributed by atoms with E-state index in [1.807, 2.05) is 0 Å². The molecule has 0 aromatic heterocycles. The maximum absolute atomic E-state index is 5.66. The molecule has 4 atom stereocenters. The lowest BCUT2D eigenvalue weighted by Gasteiger charge is -2.28.